The second-order valence-electron chi connectivity index (χ2n) is 9.71. The first-order valence-corrected chi connectivity index (χ1v) is 13.7. The lowest BCUT2D eigenvalue weighted by molar-refractivity contribution is 0.256. The number of nitrogens with one attached hydrogen (secondary N) is 1. The monoisotopic (exact) mass is 516 g/mol. The lowest BCUT2D eigenvalue weighted by Crippen LogP contribution is -2.43. The maximum atomic E-state index is 12.6. The Morgan fingerprint density at radius 3 is 2.53 bits per heavy atom. The molecule has 3 aromatic rings. The van der Waals surface area contributed by atoms with Gasteiger partial charge >= 0.3 is 0 Å². The molecule has 0 radical (unpaired) electrons. The van der Waals surface area contributed by atoms with Crippen LogP contribution in [0.2, 0.25) is 0 Å². The van der Waals surface area contributed by atoms with Crippen LogP contribution in [0.5, 0.6) is 11.5 Å². The van der Waals surface area contributed by atoms with Crippen molar-refractivity contribution in [3.05, 3.63) is 42.0 Å². The van der Waals surface area contributed by atoms with E-state index in [-0.39, 0.29) is 10.9 Å². The predicted molar refractivity (Wildman–Crippen MR) is 140 cm³/mol. The summed E-state index contributed by atoms with van der Waals surface area (Å²) in [6.07, 6.45) is 1.90. The largest absolute Gasteiger partial charge is 0.493 e. The Labute approximate surface area is 213 Å². The van der Waals surface area contributed by atoms with Crippen LogP contribution in [0.3, 0.4) is 0 Å². The van der Waals surface area contributed by atoms with E-state index in [1.165, 1.54) is 18.4 Å². The summed E-state index contributed by atoms with van der Waals surface area (Å²) < 4.78 is 44.1. The van der Waals surface area contributed by atoms with Crippen molar-refractivity contribution < 1.29 is 22.3 Å². The molecule has 1 aliphatic rings. The van der Waals surface area contributed by atoms with Gasteiger partial charge < -0.3 is 24.1 Å². The van der Waals surface area contributed by atoms with Crippen molar-refractivity contribution in [3.8, 4) is 11.5 Å². The first kappa shape index (κ1) is 26.2. The highest BCUT2D eigenvalue weighted by atomic mass is 32.2. The molecule has 9 nitrogen and oxygen atoms in total. The van der Waals surface area contributed by atoms with E-state index in [4.69, 9.17) is 18.9 Å². The van der Waals surface area contributed by atoms with E-state index in [9.17, 15) is 8.42 Å². The van der Waals surface area contributed by atoms with Crippen LogP contribution < -0.4 is 19.7 Å². The van der Waals surface area contributed by atoms with E-state index >= 15 is 0 Å². The molecule has 1 aliphatic heterocycles. The molecule has 0 aliphatic carbocycles. The quantitative estimate of drug-likeness (QED) is 0.434. The number of benzene rings is 2. The summed E-state index contributed by atoms with van der Waals surface area (Å²) in [5.41, 5.74) is 2.12. The molecule has 2 aromatic carbocycles. The van der Waals surface area contributed by atoms with Crippen LogP contribution in [0.25, 0.3) is 11.1 Å². The zero-order valence-electron chi connectivity index (χ0n) is 21.7. The van der Waals surface area contributed by atoms with E-state index in [2.05, 4.69) is 24.1 Å². The molecule has 196 valence electrons. The van der Waals surface area contributed by atoms with Gasteiger partial charge in [-0.1, -0.05) is 19.9 Å². The van der Waals surface area contributed by atoms with Crippen molar-refractivity contribution in [2.75, 3.05) is 45.8 Å². The number of aromatic nitrogens is 1. The molecule has 0 spiro atoms. The van der Waals surface area contributed by atoms with Gasteiger partial charge in [0.2, 0.25) is 10.0 Å². The van der Waals surface area contributed by atoms with Gasteiger partial charge in [0.1, 0.15) is 5.52 Å². The minimum atomic E-state index is -3.57. The number of methoxy groups -OCH3 is 1. The van der Waals surface area contributed by atoms with Crippen LogP contribution in [0, 0.1) is 5.92 Å². The fraction of sp³-hybridized carbons (Fsp3) is 0.500. The molecule has 0 amide bonds. The maximum Gasteiger partial charge on any atom is 0.298 e. The maximum absolute atomic E-state index is 12.6. The second kappa shape index (κ2) is 11.1. The van der Waals surface area contributed by atoms with Gasteiger partial charge in [-0.05, 0) is 67.7 Å². The number of hydrogen-bond acceptors (Lipinski definition) is 8. The van der Waals surface area contributed by atoms with E-state index in [0.717, 1.165) is 31.5 Å². The van der Waals surface area contributed by atoms with Crippen LogP contribution in [0.4, 0.5) is 6.01 Å². The summed E-state index contributed by atoms with van der Waals surface area (Å²) in [5.74, 6) is 1.81. The SMILES string of the molecule is COc1ccc(CN(c2nc3cc(S(=O)(=O)N(C)C)ccc3o2)C2CCNCC2)cc1OCC(C)C. The molecule has 1 N–H and O–H groups in total. The summed E-state index contributed by atoms with van der Waals surface area (Å²) in [4.78, 5) is 7.10. The Morgan fingerprint density at radius 1 is 1.11 bits per heavy atom. The zero-order chi connectivity index (χ0) is 25.9. The Balaban J connectivity index is 1.68. The number of nitrogens with zero attached hydrogens (tertiary/aromatic N) is 3. The number of hydrogen-bond donors (Lipinski definition) is 1. The van der Waals surface area contributed by atoms with Crippen LogP contribution in [0.15, 0.2) is 45.7 Å². The molecule has 2 heterocycles. The van der Waals surface area contributed by atoms with Crippen molar-refractivity contribution in [2.45, 2.75) is 44.2 Å². The minimum Gasteiger partial charge on any atom is -0.493 e. The Bertz CT molecular complexity index is 1280. The van der Waals surface area contributed by atoms with Gasteiger partial charge in [-0.15, -0.1) is 0 Å². The topological polar surface area (TPSA) is 97.1 Å². The van der Waals surface area contributed by atoms with Crippen LogP contribution >= 0.6 is 0 Å². The third-order valence-electron chi connectivity index (χ3n) is 6.27. The first-order valence-electron chi connectivity index (χ1n) is 12.3. The molecule has 0 bridgehead atoms. The zero-order valence-corrected chi connectivity index (χ0v) is 22.5. The summed E-state index contributed by atoms with van der Waals surface area (Å²) >= 11 is 0. The van der Waals surface area contributed by atoms with Crippen molar-refractivity contribution in [3.63, 3.8) is 0 Å². The fourth-order valence-electron chi connectivity index (χ4n) is 4.25. The molecule has 10 heteroatoms. The van der Waals surface area contributed by atoms with Gasteiger partial charge in [-0.25, -0.2) is 12.7 Å². The average Bonchev–Trinajstić information content (AvgIpc) is 3.29. The lowest BCUT2D eigenvalue weighted by atomic mass is 10.0. The van der Waals surface area contributed by atoms with Gasteiger partial charge in [0, 0.05) is 26.7 Å². The number of rotatable bonds is 10. The van der Waals surface area contributed by atoms with E-state index in [1.54, 1.807) is 25.3 Å². The third-order valence-corrected chi connectivity index (χ3v) is 8.09. The van der Waals surface area contributed by atoms with Gasteiger partial charge in [-0.2, -0.15) is 4.98 Å². The fourth-order valence-corrected chi connectivity index (χ4v) is 5.17. The van der Waals surface area contributed by atoms with Gasteiger partial charge in [-0.3, -0.25) is 0 Å². The van der Waals surface area contributed by atoms with Gasteiger partial charge in [0.05, 0.1) is 18.6 Å². The second-order valence-corrected chi connectivity index (χ2v) is 11.9. The molecule has 4 rings (SSSR count). The molecular weight excluding hydrogens is 480 g/mol. The number of piperidine rings is 1. The Morgan fingerprint density at radius 2 is 1.86 bits per heavy atom. The van der Waals surface area contributed by atoms with Crippen LogP contribution in [-0.4, -0.2) is 64.7 Å². The average molecular weight is 517 g/mol. The summed E-state index contributed by atoms with van der Waals surface area (Å²) in [7, 11) is 1.10. The molecule has 1 saturated heterocycles. The highest BCUT2D eigenvalue weighted by molar-refractivity contribution is 7.89. The van der Waals surface area contributed by atoms with E-state index in [1.807, 2.05) is 18.2 Å². The molecule has 0 saturated carbocycles. The number of anilines is 1. The molecule has 1 fully saturated rings. The molecule has 0 unspecified atom stereocenters. The van der Waals surface area contributed by atoms with Crippen molar-refractivity contribution in [1.82, 2.24) is 14.6 Å². The Kier molecular flexibility index (Phi) is 8.07. The standard InChI is InChI=1S/C26H36N4O5S/c1-18(2)17-34-25-14-19(6-8-24(25)33-5)16-30(20-10-12-27-13-11-20)26-28-22-15-21(7-9-23(22)35-26)36(31,32)29(3)4/h6-9,14-15,18,20,27H,10-13,16-17H2,1-5H3. The molecule has 36 heavy (non-hydrogen) atoms. The van der Waals surface area contributed by atoms with E-state index in [0.29, 0.717) is 47.7 Å². The summed E-state index contributed by atoms with van der Waals surface area (Å²) in [5, 5.41) is 3.41. The lowest BCUT2D eigenvalue weighted by Gasteiger charge is -2.33. The highest BCUT2D eigenvalue weighted by Crippen LogP contribution is 2.32. The predicted octanol–water partition coefficient (Wildman–Crippen LogP) is 3.88. The van der Waals surface area contributed by atoms with Crippen LogP contribution in [-0.2, 0) is 16.6 Å². The number of oxazole rings is 1. The summed E-state index contributed by atoms with van der Waals surface area (Å²) in [6.45, 7) is 7.22. The molecule has 0 atom stereocenters. The summed E-state index contributed by atoms with van der Waals surface area (Å²) in [6, 6.07) is 11.5. The first-order chi connectivity index (χ1) is 17.2. The number of ether oxygens (including phenoxy) is 2. The number of fused-ring (bicyclic) bond motifs is 1. The molecule has 1 aromatic heterocycles. The van der Waals surface area contributed by atoms with E-state index < -0.39 is 10.0 Å². The van der Waals surface area contributed by atoms with Crippen molar-refractivity contribution in [2.24, 2.45) is 5.92 Å². The van der Waals surface area contributed by atoms with Crippen LogP contribution in [0.1, 0.15) is 32.3 Å². The normalized spacial score (nSPS) is 15.1. The highest BCUT2D eigenvalue weighted by Gasteiger charge is 2.27. The number of sulfonamides is 1. The molecular formula is C26H36N4O5S. The minimum absolute atomic E-state index is 0.190. The van der Waals surface area contributed by atoms with Crippen molar-refractivity contribution in [1.29, 1.82) is 0 Å². The smallest absolute Gasteiger partial charge is 0.298 e. The third kappa shape index (κ3) is 5.77. The Hall–Kier alpha value is -2.82. The van der Waals surface area contributed by atoms with Gasteiger partial charge in [0.25, 0.3) is 6.01 Å². The van der Waals surface area contributed by atoms with Gasteiger partial charge in [0.15, 0.2) is 17.1 Å². The van der Waals surface area contributed by atoms with Crippen molar-refractivity contribution >= 4 is 27.1 Å².